The minimum Gasteiger partial charge on any atom is -0.359 e. The molecule has 0 aliphatic carbocycles. The molecule has 3 rings (SSSR count). The minimum absolute atomic E-state index is 0.0737. The van der Waals surface area contributed by atoms with Crippen LogP contribution >= 0.6 is 11.6 Å². The first-order valence-corrected chi connectivity index (χ1v) is 11.1. The molecule has 1 atom stereocenters. The van der Waals surface area contributed by atoms with Crippen molar-refractivity contribution in [3.63, 3.8) is 0 Å². The molecule has 8 nitrogen and oxygen atoms in total. The molecule has 2 aromatic carbocycles. The van der Waals surface area contributed by atoms with E-state index in [9.17, 15) is 18.0 Å². The number of carbonyl (C=O) groups excluding carboxylic acids is 2. The second-order valence-corrected chi connectivity index (χ2v) is 9.10. The summed E-state index contributed by atoms with van der Waals surface area (Å²) in [5, 5.41) is 5.38. The van der Waals surface area contributed by atoms with Gasteiger partial charge in [-0.15, -0.1) is 0 Å². The van der Waals surface area contributed by atoms with Crippen molar-refractivity contribution >= 4 is 33.4 Å². The molecule has 0 bridgehead atoms. The van der Waals surface area contributed by atoms with E-state index in [1.54, 1.807) is 0 Å². The number of hydrogen-bond donors (Lipinski definition) is 2. The van der Waals surface area contributed by atoms with Crippen LogP contribution < -0.4 is 10.6 Å². The lowest BCUT2D eigenvalue weighted by atomic mass is 10.1. The van der Waals surface area contributed by atoms with E-state index in [4.69, 9.17) is 16.3 Å². The normalized spacial score (nSPS) is 16.9. The molecule has 1 saturated heterocycles. The molecule has 2 aromatic rings. The standard InChI is InChI=1S/C20H22ClN3O5S/c1-14-2-4-15(5-3-14)12-22-19(25)20(26)23-13-18-24(10-11-29-18)30(27,28)17-8-6-16(21)7-9-17/h2-9,18H,10-13H2,1H3,(H,22,25)(H,23,26)/t18-/m0/s1. The van der Waals surface area contributed by atoms with Crippen LogP contribution in [0.25, 0.3) is 0 Å². The van der Waals surface area contributed by atoms with E-state index in [-0.39, 0.29) is 31.1 Å². The number of rotatable bonds is 6. The van der Waals surface area contributed by atoms with Crippen molar-refractivity contribution in [2.45, 2.75) is 24.6 Å². The van der Waals surface area contributed by atoms with E-state index >= 15 is 0 Å². The lowest BCUT2D eigenvalue weighted by Gasteiger charge is -2.22. The van der Waals surface area contributed by atoms with Gasteiger partial charge in [-0.3, -0.25) is 9.59 Å². The van der Waals surface area contributed by atoms with E-state index in [2.05, 4.69) is 10.6 Å². The smallest absolute Gasteiger partial charge is 0.309 e. The van der Waals surface area contributed by atoms with Crippen LogP contribution in [0.2, 0.25) is 5.02 Å². The molecule has 1 fully saturated rings. The number of ether oxygens (including phenoxy) is 1. The molecule has 1 heterocycles. The van der Waals surface area contributed by atoms with Gasteiger partial charge in [0.1, 0.15) is 6.23 Å². The first kappa shape index (κ1) is 22.2. The summed E-state index contributed by atoms with van der Waals surface area (Å²) in [6, 6.07) is 13.3. The van der Waals surface area contributed by atoms with E-state index in [1.807, 2.05) is 31.2 Å². The lowest BCUT2D eigenvalue weighted by Crippen LogP contribution is -2.47. The van der Waals surface area contributed by atoms with Gasteiger partial charge in [0.2, 0.25) is 10.0 Å². The monoisotopic (exact) mass is 451 g/mol. The van der Waals surface area contributed by atoms with Gasteiger partial charge in [0.05, 0.1) is 18.0 Å². The summed E-state index contributed by atoms with van der Waals surface area (Å²) < 4.78 is 32.3. The average Bonchev–Trinajstić information content (AvgIpc) is 3.21. The molecule has 2 N–H and O–H groups in total. The first-order chi connectivity index (χ1) is 14.3. The summed E-state index contributed by atoms with van der Waals surface area (Å²) in [4.78, 5) is 24.2. The van der Waals surface area contributed by atoms with Gasteiger partial charge in [0.25, 0.3) is 0 Å². The SMILES string of the molecule is Cc1ccc(CNC(=O)C(=O)NC[C@@H]2OCCN2S(=O)(=O)c2ccc(Cl)cc2)cc1. The third-order valence-corrected chi connectivity index (χ3v) is 6.74. The van der Waals surface area contributed by atoms with Crippen LogP contribution in [0.4, 0.5) is 0 Å². The van der Waals surface area contributed by atoms with E-state index in [0.717, 1.165) is 15.4 Å². The van der Waals surface area contributed by atoms with Crippen LogP contribution in [0.5, 0.6) is 0 Å². The number of carbonyl (C=O) groups is 2. The number of aryl methyl sites for hydroxylation is 1. The van der Waals surface area contributed by atoms with Gasteiger partial charge in [-0.1, -0.05) is 41.4 Å². The Morgan fingerprint density at radius 3 is 2.37 bits per heavy atom. The fraction of sp³-hybridized carbons (Fsp3) is 0.300. The number of sulfonamides is 1. The van der Waals surface area contributed by atoms with Crippen molar-refractivity contribution < 1.29 is 22.7 Å². The Kier molecular flexibility index (Phi) is 7.09. The van der Waals surface area contributed by atoms with Gasteiger partial charge in [-0.05, 0) is 36.8 Å². The van der Waals surface area contributed by atoms with Crippen molar-refractivity contribution in [1.82, 2.24) is 14.9 Å². The quantitative estimate of drug-likeness (QED) is 0.646. The predicted octanol–water partition coefficient (Wildman–Crippen LogP) is 1.43. The number of nitrogens with zero attached hydrogens (tertiary/aromatic N) is 1. The van der Waals surface area contributed by atoms with Crippen molar-refractivity contribution in [2.24, 2.45) is 0 Å². The van der Waals surface area contributed by atoms with Crippen molar-refractivity contribution in [1.29, 1.82) is 0 Å². The van der Waals surface area contributed by atoms with Gasteiger partial charge in [-0.25, -0.2) is 8.42 Å². The highest BCUT2D eigenvalue weighted by Gasteiger charge is 2.36. The summed E-state index contributed by atoms with van der Waals surface area (Å²) in [6.45, 7) is 2.35. The number of hydrogen-bond acceptors (Lipinski definition) is 5. The maximum Gasteiger partial charge on any atom is 0.309 e. The summed E-state index contributed by atoms with van der Waals surface area (Å²) in [5.41, 5.74) is 1.96. The zero-order chi connectivity index (χ0) is 21.7. The Hall–Kier alpha value is -2.46. The Balaban J connectivity index is 1.54. The van der Waals surface area contributed by atoms with Gasteiger partial charge >= 0.3 is 11.8 Å². The minimum atomic E-state index is -3.82. The van der Waals surface area contributed by atoms with Gasteiger partial charge in [-0.2, -0.15) is 4.31 Å². The number of amides is 2. The third-order valence-electron chi connectivity index (χ3n) is 4.58. The number of nitrogens with one attached hydrogen (secondary N) is 2. The summed E-state index contributed by atoms with van der Waals surface area (Å²) in [6.07, 6.45) is -0.903. The molecular formula is C20H22ClN3O5S. The summed E-state index contributed by atoms with van der Waals surface area (Å²) in [5.74, 6) is -1.66. The molecule has 10 heteroatoms. The molecule has 1 aliphatic heterocycles. The average molecular weight is 452 g/mol. The van der Waals surface area contributed by atoms with Crippen LogP contribution in [0, 0.1) is 6.92 Å². The lowest BCUT2D eigenvalue weighted by molar-refractivity contribution is -0.139. The van der Waals surface area contributed by atoms with Crippen molar-refractivity contribution in [2.75, 3.05) is 19.7 Å². The van der Waals surface area contributed by atoms with Crippen LogP contribution in [-0.4, -0.2) is 50.5 Å². The third kappa shape index (κ3) is 5.37. The molecule has 0 unspecified atom stereocenters. The molecule has 2 amide bonds. The number of halogens is 1. The fourth-order valence-electron chi connectivity index (χ4n) is 2.91. The van der Waals surface area contributed by atoms with Crippen LogP contribution in [0.1, 0.15) is 11.1 Å². The highest BCUT2D eigenvalue weighted by Crippen LogP contribution is 2.23. The topological polar surface area (TPSA) is 105 Å². The zero-order valence-electron chi connectivity index (χ0n) is 16.3. The highest BCUT2D eigenvalue weighted by molar-refractivity contribution is 7.89. The van der Waals surface area contributed by atoms with Gasteiger partial charge < -0.3 is 15.4 Å². The molecule has 0 spiro atoms. The van der Waals surface area contributed by atoms with Crippen LogP contribution in [0.15, 0.2) is 53.4 Å². The van der Waals surface area contributed by atoms with Crippen LogP contribution in [0.3, 0.4) is 0 Å². The van der Waals surface area contributed by atoms with Crippen molar-refractivity contribution in [3.8, 4) is 0 Å². The summed E-state index contributed by atoms with van der Waals surface area (Å²) in [7, 11) is -3.82. The fourth-order valence-corrected chi connectivity index (χ4v) is 4.55. The Bertz CT molecular complexity index is 1010. The molecule has 1 aliphatic rings. The molecule has 0 saturated carbocycles. The number of benzene rings is 2. The second-order valence-electron chi connectivity index (χ2n) is 6.77. The van der Waals surface area contributed by atoms with Crippen LogP contribution in [-0.2, 0) is 30.9 Å². The van der Waals surface area contributed by atoms with E-state index < -0.39 is 28.1 Å². The molecule has 30 heavy (non-hydrogen) atoms. The van der Waals surface area contributed by atoms with E-state index in [0.29, 0.717) is 5.02 Å². The van der Waals surface area contributed by atoms with Gasteiger partial charge in [0, 0.05) is 18.1 Å². The second kappa shape index (κ2) is 9.57. The molecule has 160 valence electrons. The first-order valence-electron chi connectivity index (χ1n) is 9.28. The van der Waals surface area contributed by atoms with E-state index in [1.165, 1.54) is 24.3 Å². The summed E-state index contributed by atoms with van der Waals surface area (Å²) >= 11 is 5.82. The molecule has 0 aromatic heterocycles. The Labute approximate surface area is 180 Å². The molecular weight excluding hydrogens is 430 g/mol. The maximum absolute atomic E-state index is 12.8. The van der Waals surface area contributed by atoms with Crippen molar-refractivity contribution in [3.05, 3.63) is 64.7 Å². The Morgan fingerprint density at radius 2 is 1.70 bits per heavy atom. The zero-order valence-corrected chi connectivity index (χ0v) is 17.9. The van der Waals surface area contributed by atoms with Gasteiger partial charge in [0.15, 0.2) is 0 Å². The predicted molar refractivity (Wildman–Crippen MR) is 111 cm³/mol. The Morgan fingerprint density at radius 1 is 1.07 bits per heavy atom. The maximum atomic E-state index is 12.8. The molecule has 0 radical (unpaired) electrons. The highest BCUT2D eigenvalue weighted by atomic mass is 35.5. The largest absolute Gasteiger partial charge is 0.359 e.